The number of hydrogen-bond donors (Lipinski definition) is 1. The molecule has 4 nitrogen and oxygen atoms in total. The third kappa shape index (κ3) is 2.70. The van der Waals surface area contributed by atoms with Crippen molar-refractivity contribution in [3.63, 3.8) is 0 Å². The molecule has 0 aromatic carbocycles. The maximum Gasteiger partial charge on any atom is 0.123 e. The van der Waals surface area contributed by atoms with Gasteiger partial charge in [0.2, 0.25) is 0 Å². The lowest BCUT2D eigenvalue weighted by Gasteiger charge is -2.17. The number of anilines is 1. The molecule has 18 heavy (non-hydrogen) atoms. The van der Waals surface area contributed by atoms with Gasteiger partial charge in [-0.05, 0) is 24.0 Å². The topological polar surface area (TPSA) is 56.7 Å². The number of hydrogen-bond acceptors (Lipinski definition) is 3. The molecule has 0 aliphatic heterocycles. The number of nitrogens with two attached hydrogens (primary N) is 1. The molecule has 4 heteroatoms. The highest BCUT2D eigenvalue weighted by Gasteiger charge is 2.11. The van der Waals surface area contributed by atoms with Crippen LogP contribution in [-0.2, 0) is 6.54 Å². The first-order chi connectivity index (χ1) is 8.58. The molecule has 0 aliphatic carbocycles. The van der Waals surface area contributed by atoms with Crippen LogP contribution < -0.4 is 5.73 Å². The molecular formula is C14H20N4. The molecule has 0 fully saturated rings. The smallest absolute Gasteiger partial charge is 0.123 e. The monoisotopic (exact) mass is 244 g/mol. The summed E-state index contributed by atoms with van der Waals surface area (Å²) in [5, 5.41) is 0. The van der Waals surface area contributed by atoms with E-state index < -0.39 is 0 Å². The Morgan fingerprint density at radius 2 is 2.00 bits per heavy atom. The Kier molecular flexibility index (Phi) is 3.65. The third-order valence-corrected chi connectivity index (χ3v) is 3.42. The summed E-state index contributed by atoms with van der Waals surface area (Å²) in [4.78, 5) is 8.36. The molecule has 0 bridgehead atoms. The van der Waals surface area contributed by atoms with Crippen LogP contribution in [0.25, 0.3) is 11.3 Å². The minimum atomic E-state index is 0.542. The third-order valence-electron chi connectivity index (χ3n) is 3.42. The van der Waals surface area contributed by atoms with E-state index in [-0.39, 0.29) is 0 Å². The number of rotatable bonds is 4. The molecule has 0 saturated heterocycles. The molecule has 0 amide bonds. The second-order valence-electron chi connectivity index (χ2n) is 5.12. The van der Waals surface area contributed by atoms with Gasteiger partial charge in [-0.1, -0.05) is 20.8 Å². The largest absolute Gasteiger partial charge is 0.384 e. The predicted molar refractivity (Wildman–Crippen MR) is 73.9 cm³/mol. The van der Waals surface area contributed by atoms with Gasteiger partial charge in [0.25, 0.3) is 0 Å². The second-order valence-corrected chi connectivity index (χ2v) is 5.12. The van der Waals surface area contributed by atoms with Crippen molar-refractivity contribution in [2.45, 2.75) is 27.3 Å². The summed E-state index contributed by atoms with van der Waals surface area (Å²) in [6.45, 7) is 7.71. The second kappa shape index (κ2) is 5.21. The molecule has 0 radical (unpaired) electrons. The van der Waals surface area contributed by atoms with Crippen LogP contribution in [-0.4, -0.2) is 14.5 Å². The van der Waals surface area contributed by atoms with Gasteiger partial charge < -0.3 is 10.3 Å². The molecule has 2 heterocycles. The van der Waals surface area contributed by atoms with Gasteiger partial charge in [0.15, 0.2) is 0 Å². The fraction of sp³-hybridized carbons (Fsp3) is 0.429. The Morgan fingerprint density at radius 3 is 2.61 bits per heavy atom. The summed E-state index contributed by atoms with van der Waals surface area (Å²) in [5.74, 6) is 1.81. The molecule has 96 valence electrons. The molecule has 0 aliphatic rings. The molecule has 0 spiro atoms. The number of nitrogens with zero attached hydrogens (tertiary/aromatic N) is 3. The van der Waals surface area contributed by atoms with Crippen molar-refractivity contribution in [3.05, 3.63) is 30.9 Å². The van der Waals surface area contributed by atoms with Gasteiger partial charge in [-0.15, -0.1) is 0 Å². The van der Waals surface area contributed by atoms with Crippen molar-refractivity contribution in [2.75, 3.05) is 5.73 Å². The lowest BCUT2D eigenvalue weighted by molar-refractivity contribution is 0.366. The van der Waals surface area contributed by atoms with E-state index in [0.29, 0.717) is 17.7 Å². The number of nitrogen functional groups attached to an aromatic ring is 1. The van der Waals surface area contributed by atoms with E-state index in [1.165, 1.54) is 0 Å². The van der Waals surface area contributed by atoms with Crippen molar-refractivity contribution in [2.24, 2.45) is 11.8 Å². The van der Waals surface area contributed by atoms with Gasteiger partial charge in [0.1, 0.15) is 5.82 Å². The first-order valence-corrected chi connectivity index (χ1v) is 6.30. The van der Waals surface area contributed by atoms with Crippen molar-refractivity contribution in [3.8, 4) is 11.3 Å². The van der Waals surface area contributed by atoms with Gasteiger partial charge in [-0.2, -0.15) is 0 Å². The average molecular weight is 244 g/mol. The Labute approximate surface area is 108 Å². The van der Waals surface area contributed by atoms with E-state index in [4.69, 9.17) is 5.73 Å². The molecule has 2 rings (SSSR count). The van der Waals surface area contributed by atoms with Gasteiger partial charge in [-0.25, -0.2) is 9.97 Å². The van der Waals surface area contributed by atoms with Gasteiger partial charge in [0.05, 0.1) is 18.2 Å². The lowest BCUT2D eigenvalue weighted by atomic mass is 9.98. The molecular weight excluding hydrogens is 224 g/mol. The standard InChI is InChI=1S/C14H20N4/c1-10(2)11(3)8-18-9-16-7-13(18)12-4-5-14(15)17-6-12/h4-7,9-11H,8H2,1-3H3,(H2,15,17). The van der Waals surface area contributed by atoms with E-state index in [2.05, 4.69) is 35.3 Å². The van der Waals surface area contributed by atoms with Gasteiger partial charge in [-0.3, -0.25) is 0 Å². The van der Waals surface area contributed by atoms with Crippen LogP contribution in [0.1, 0.15) is 20.8 Å². The van der Waals surface area contributed by atoms with Crippen LogP contribution in [0.15, 0.2) is 30.9 Å². The molecule has 0 saturated carbocycles. The zero-order valence-electron chi connectivity index (χ0n) is 11.2. The summed E-state index contributed by atoms with van der Waals surface area (Å²) < 4.78 is 2.18. The van der Waals surface area contributed by atoms with E-state index in [1.807, 2.05) is 24.7 Å². The summed E-state index contributed by atoms with van der Waals surface area (Å²) in [5.41, 5.74) is 7.75. The summed E-state index contributed by atoms with van der Waals surface area (Å²) in [6.07, 6.45) is 5.55. The summed E-state index contributed by atoms with van der Waals surface area (Å²) >= 11 is 0. The molecule has 2 aromatic rings. The van der Waals surface area contributed by atoms with E-state index in [1.54, 1.807) is 6.20 Å². The minimum absolute atomic E-state index is 0.542. The number of imidazole rings is 1. The van der Waals surface area contributed by atoms with Crippen LogP contribution in [0.3, 0.4) is 0 Å². The van der Waals surface area contributed by atoms with Crippen molar-refractivity contribution < 1.29 is 0 Å². The van der Waals surface area contributed by atoms with Crippen molar-refractivity contribution >= 4 is 5.82 Å². The molecule has 2 aromatic heterocycles. The SMILES string of the molecule is CC(C)C(C)Cn1cncc1-c1ccc(N)nc1. The Balaban J connectivity index is 2.25. The lowest BCUT2D eigenvalue weighted by Crippen LogP contribution is -2.13. The van der Waals surface area contributed by atoms with Crippen molar-refractivity contribution in [1.29, 1.82) is 0 Å². The Morgan fingerprint density at radius 1 is 1.22 bits per heavy atom. The highest BCUT2D eigenvalue weighted by atomic mass is 15.0. The van der Waals surface area contributed by atoms with Gasteiger partial charge in [0, 0.05) is 18.3 Å². The van der Waals surface area contributed by atoms with Crippen LogP contribution in [0, 0.1) is 11.8 Å². The van der Waals surface area contributed by atoms with E-state index in [9.17, 15) is 0 Å². The Bertz CT molecular complexity index is 499. The molecule has 1 unspecified atom stereocenters. The fourth-order valence-electron chi connectivity index (χ4n) is 1.78. The van der Waals surface area contributed by atoms with Crippen LogP contribution in [0.4, 0.5) is 5.82 Å². The van der Waals surface area contributed by atoms with Crippen LogP contribution in [0.2, 0.25) is 0 Å². The van der Waals surface area contributed by atoms with Crippen molar-refractivity contribution in [1.82, 2.24) is 14.5 Å². The normalized spacial score (nSPS) is 12.9. The quantitative estimate of drug-likeness (QED) is 0.899. The molecule has 2 N–H and O–H groups in total. The van der Waals surface area contributed by atoms with Crippen LogP contribution >= 0.6 is 0 Å². The summed E-state index contributed by atoms with van der Waals surface area (Å²) in [7, 11) is 0. The maximum atomic E-state index is 5.61. The highest BCUT2D eigenvalue weighted by Crippen LogP contribution is 2.21. The zero-order chi connectivity index (χ0) is 13.1. The number of aromatic nitrogens is 3. The zero-order valence-corrected chi connectivity index (χ0v) is 11.2. The maximum absolute atomic E-state index is 5.61. The predicted octanol–water partition coefficient (Wildman–Crippen LogP) is 2.82. The fourth-order valence-corrected chi connectivity index (χ4v) is 1.78. The van der Waals surface area contributed by atoms with E-state index >= 15 is 0 Å². The summed E-state index contributed by atoms with van der Waals surface area (Å²) in [6, 6.07) is 3.80. The molecule has 1 atom stereocenters. The van der Waals surface area contributed by atoms with E-state index in [0.717, 1.165) is 17.8 Å². The first kappa shape index (κ1) is 12.6. The average Bonchev–Trinajstić information content (AvgIpc) is 2.78. The van der Waals surface area contributed by atoms with Gasteiger partial charge >= 0.3 is 0 Å². The minimum Gasteiger partial charge on any atom is -0.384 e. The highest BCUT2D eigenvalue weighted by molar-refractivity contribution is 5.59. The van der Waals surface area contributed by atoms with Crippen LogP contribution in [0.5, 0.6) is 0 Å². The Hall–Kier alpha value is -1.84. The number of pyridine rings is 1. The first-order valence-electron chi connectivity index (χ1n) is 6.30.